The summed E-state index contributed by atoms with van der Waals surface area (Å²) in [6, 6.07) is 0.841. The fourth-order valence-electron chi connectivity index (χ4n) is 7.07. The molecule has 3 saturated carbocycles. The molecule has 0 radical (unpaired) electrons. The number of likely N-dealkylation sites (tertiary alicyclic amines) is 1. The van der Waals surface area contributed by atoms with E-state index in [-0.39, 0.29) is 18.4 Å². The van der Waals surface area contributed by atoms with Gasteiger partial charge in [-0.3, -0.25) is 9.69 Å². The van der Waals surface area contributed by atoms with E-state index in [4.69, 9.17) is 0 Å². The van der Waals surface area contributed by atoms with Gasteiger partial charge in [-0.15, -0.1) is 0 Å². The van der Waals surface area contributed by atoms with Crippen LogP contribution < -0.4 is 10.9 Å². The first-order chi connectivity index (χ1) is 14.8. The lowest BCUT2D eigenvalue weighted by Gasteiger charge is -2.39. The topological polar surface area (TPSA) is 47.6 Å². The summed E-state index contributed by atoms with van der Waals surface area (Å²) in [5.74, 6) is -1.15. The summed E-state index contributed by atoms with van der Waals surface area (Å²) in [5.41, 5.74) is 6.72. The highest BCUT2D eigenvalue weighted by atomic mass is 19.4. The predicted molar refractivity (Wildman–Crippen MR) is 111 cm³/mol. The molecule has 31 heavy (non-hydrogen) atoms. The van der Waals surface area contributed by atoms with Crippen LogP contribution in [-0.2, 0) is 4.79 Å². The number of halogens is 3. The van der Waals surface area contributed by atoms with Crippen molar-refractivity contribution in [1.82, 2.24) is 20.7 Å². The molecular formula is C23H37F3N4O. The van der Waals surface area contributed by atoms with E-state index in [9.17, 15) is 18.0 Å². The maximum Gasteiger partial charge on any atom is 0.392 e. The summed E-state index contributed by atoms with van der Waals surface area (Å²) in [6.07, 6.45) is 5.33. The fourth-order valence-corrected chi connectivity index (χ4v) is 7.07. The number of nitrogens with one attached hydrogen (secondary N) is 2. The maximum absolute atomic E-state index is 13.6. The maximum atomic E-state index is 13.6. The van der Waals surface area contributed by atoms with Crippen LogP contribution >= 0.6 is 0 Å². The molecule has 5 fully saturated rings. The van der Waals surface area contributed by atoms with Crippen molar-refractivity contribution in [2.45, 2.75) is 95.6 Å². The van der Waals surface area contributed by atoms with Crippen LogP contribution in [0.1, 0.15) is 71.1 Å². The lowest BCUT2D eigenvalue weighted by Crippen LogP contribution is -2.43. The van der Waals surface area contributed by atoms with Gasteiger partial charge in [0.05, 0.1) is 18.8 Å². The van der Waals surface area contributed by atoms with Crippen molar-refractivity contribution >= 4 is 5.91 Å². The Hall–Kier alpha value is -0.860. The van der Waals surface area contributed by atoms with Crippen molar-refractivity contribution in [3.05, 3.63) is 0 Å². The number of nitrogens with zero attached hydrogens (tertiary/aromatic N) is 2. The van der Waals surface area contributed by atoms with Gasteiger partial charge in [-0.25, -0.2) is 10.9 Å². The van der Waals surface area contributed by atoms with Crippen LogP contribution in [0.25, 0.3) is 0 Å². The second kappa shape index (κ2) is 8.49. The molecule has 5 aliphatic rings. The second-order valence-corrected chi connectivity index (χ2v) is 10.9. The molecule has 2 N–H and O–H groups in total. The highest BCUT2D eigenvalue weighted by molar-refractivity contribution is 5.82. The highest BCUT2D eigenvalue weighted by Crippen LogP contribution is 2.49. The van der Waals surface area contributed by atoms with Gasteiger partial charge in [-0.2, -0.15) is 13.2 Å². The van der Waals surface area contributed by atoms with Gasteiger partial charge in [0.15, 0.2) is 0 Å². The molecule has 0 aromatic rings. The predicted octanol–water partition coefficient (Wildman–Crippen LogP) is 3.86. The molecule has 7 atom stereocenters. The van der Waals surface area contributed by atoms with Crippen LogP contribution in [0, 0.1) is 29.6 Å². The Bertz CT molecular complexity index is 670. The third-order valence-corrected chi connectivity index (χ3v) is 8.97. The molecule has 0 spiro atoms. The number of hydrazine groups is 1. The van der Waals surface area contributed by atoms with Crippen LogP contribution in [0.3, 0.4) is 0 Å². The van der Waals surface area contributed by atoms with Crippen molar-refractivity contribution in [2.75, 3.05) is 13.2 Å². The van der Waals surface area contributed by atoms with E-state index in [0.29, 0.717) is 43.4 Å². The summed E-state index contributed by atoms with van der Waals surface area (Å²) >= 11 is 0. The van der Waals surface area contributed by atoms with E-state index in [1.54, 1.807) is 0 Å². The number of carbonyl (C=O) groups is 1. The minimum Gasteiger partial charge on any atom is -0.339 e. The van der Waals surface area contributed by atoms with E-state index in [1.165, 1.54) is 19.3 Å². The Morgan fingerprint density at radius 1 is 1.06 bits per heavy atom. The number of amides is 1. The third kappa shape index (κ3) is 4.36. The molecule has 3 aliphatic carbocycles. The van der Waals surface area contributed by atoms with Gasteiger partial charge in [-0.05, 0) is 62.7 Å². The van der Waals surface area contributed by atoms with E-state index >= 15 is 0 Å². The largest absolute Gasteiger partial charge is 0.392 e. The molecule has 0 bridgehead atoms. The van der Waals surface area contributed by atoms with Crippen molar-refractivity contribution in [3.8, 4) is 0 Å². The smallest absolute Gasteiger partial charge is 0.339 e. The summed E-state index contributed by atoms with van der Waals surface area (Å²) in [5, 5.41) is 0. The van der Waals surface area contributed by atoms with E-state index in [2.05, 4.69) is 22.7 Å². The summed E-state index contributed by atoms with van der Waals surface area (Å²) in [4.78, 5) is 17.5. The first kappa shape index (κ1) is 22.0. The molecule has 5 nitrogen and oxygen atoms in total. The Labute approximate surface area is 183 Å². The molecular weight excluding hydrogens is 405 g/mol. The first-order valence-electron chi connectivity index (χ1n) is 12.4. The van der Waals surface area contributed by atoms with Gasteiger partial charge in [0.25, 0.3) is 0 Å². The Morgan fingerprint density at radius 3 is 2.58 bits per heavy atom. The van der Waals surface area contributed by atoms with Crippen LogP contribution in [0.4, 0.5) is 13.2 Å². The molecule has 2 aliphatic heterocycles. The van der Waals surface area contributed by atoms with Gasteiger partial charge < -0.3 is 4.90 Å². The minimum absolute atomic E-state index is 0.0128. The minimum atomic E-state index is -4.18. The van der Waals surface area contributed by atoms with Crippen LogP contribution in [0.2, 0.25) is 0 Å². The molecule has 2 saturated heterocycles. The lowest BCUT2D eigenvalue weighted by atomic mass is 9.73. The summed E-state index contributed by atoms with van der Waals surface area (Å²) < 4.78 is 40.8. The second-order valence-electron chi connectivity index (χ2n) is 10.9. The summed E-state index contributed by atoms with van der Waals surface area (Å²) in [7, 11) is 0. The zero-order chi connectivity index (χ0) is 21.8. The van der Waals surface area contributed by atoms with Gasteiger partial charge in [0.1, 0.15) is 0 Å². The zero-order valence-electron chi connectivity index (χ0n) is 18.5. The highest BCUT2D eigenvalue weighted by Gasteiger charge is 2.55. The lowest BCUT2D eigenvalue weighted by molar-refractivity contribution is -0.198. The Morgan fingerprint density at radius 2 is 1.84 bits per heavy atom. The monoisotopic (exact) mass is 442 g/mol. The van der Waals surface area contributed by atoms with Crippen LogP contribution in [0.15, 0.2) is 0 Å². The molecule has 0 aromatic heterocycles. The molecule has 0 aromatic carbocycles. The van der Waals surface area contributed by atoms with Crippen LogP contribution in [0.5, 0.6) is 0 Å². The van der Waals surface area contributed by atoms with Crippen molar-refractivity contribution < 1.29 is 18.0 Å². The quantitative estimate of drug-likeness (QED) is 0.679. The normalized spacial score (nSPS) is 40.9. The number of carbonyl (C=O) groups excluding carboxylic acids is 1. The third-order valence-electron chi connectivity index (χ3n) is 8.97. The van der Waals surface area contributed by atoms with Crippen molar-refractivity contribution in [2.24, 2.45) is 29.6 Å². The molecule has 8 heteroatoms. The molecule has 176 valence electrons. The molecule has 2 heterocycles. The van der Waals surface area contributed by atoms with E-state index < -0.39 is 23.9 Å². The number of rotatable bonds is 5. The first-order valence-corrected chi connectivity index (χ1v) is 12.4. The Kier molecular flexibility index (Phi) is 6.01. The molecule has 1 amide bonds. The van der Waals surface area contributed by atoms with Gasteiger partial charge in [0.2, 0.25) is 5.91 Å². The summed E-state index contributed by atoms with van der Waals surface area (Å²) in [6.45, 7) is 3.55. The number of alkyl halides is 3. The van der Waals surface area contributed by atoms with Gasteiger partial charge >= 0.3 is 6.18 Å². The SMILES string of the molecule is C[C@H](CC1NNCN1C1CC1)C1CCCC(N2CC3C(CCCC3C(F)(F)F)C2=O)C1. The fraction of sp³-hybridized carbons (Fsp3) is 0.957. The Balaban J connectivity index is 1.21. The van der Waals surface area contributed by atoms with Crippen molar-refractivity contribution in [3.63, 3.8) is 0 Å². The number of fused-ring (bicyclic) bond motifs is 1. The average Bonchev–Trinajstić information content (AvgIpc) is 3.39. The van der Waals surface area contributed by atoms with E-state index in [0.717, 1.165) is 32.4 Å². The number of hydrogen-bond donors (Lipinski definition) is 2. The zero-order valence-corrected chi connectivity index (χ0v) is 18.5. The van der Waals surface area contributed by atoms with Crippen LogP contribution in [-0.4, -0.2) is 53.3 Å². The van der Waals surface area contributed by atoms with E-state index in [1.807, 2.05) is 4.90 Å². The van der Waals surface area contributed by atoms with Gasteiger partial charge in [0, 0.05) is 24.5 Å². The van der Waals surface area contributed by atoms with Crippen molar-refractivity contribution in [1.29, 1.82) is 0 Å². The molecule has 6 unspecified atom stereocenters. The van der Waals surface area contributed by atoms with Gasteiger partial charge in [-0.1, -0.05) is 26.2 Å². The molecule has 5 rings (SSSR count). The standard InChI is InChI=1S/C23H37F3N4O/c1-14(10-21-28-27-13-30(21)16-8-9-16)15-4-2-5-17(11-15)29-12-19-18(22(29)31)6-3-7-20(19)23(24,25)26/h14-21,27-28H,2-13H2,1H3/t14-,15?,17?,18?,19?,20?,21?/m1/s1. The number of hydrogen-bond acceptors (Lipinski definition) is 4. The average molecular weight is 443 g/mol.